The lowest BCUT2D eigenvalue weighted by Gasteiger charge is -2.12. The minimum atomic E-state index is 0.874. The molecule has 0 unspecified atom stereocenters. The molecule has 0 aliphatic heterocycles. The van der Waals surface area contributed by atoms with Gasteiger partial charge in [0, 0.05) is 10.8 Å². The van der Waals surface area contributed by atoms with Gasteiger partial charge in [-0.2, -0.15) is 0 Å². The number of hydrogen-bond acceptors (Lipinski definition) is 2. The highest BCUT2D eigenvalue weighted by molar-refractivity contribution is 6.12. The molecule has 3 aromatic rings. The molecule has 0 bridgehead atoms. The summed E-state index contributed by atoms with van der Waals surface area (Å²) in [5, 5.41) is 4.61. The molecule has 0 fully saturated rings. The number of rotatable bonds is 2. The summed E-state index contributed by atoms with van der Waals surface area (Å²) in [4.78, 5) is 0. The highest BCUT2D eigenvalue weighted by Gasteiger charge is 2.10. The SMILES string of the molecule is COc1ccc(OC)c2c1ccc1ccc(C)cc12. The zero-order valence-electron chi connectivity index (χ0n) is 11.4. The quantitative estimate of drug-likeness (QED) is 0.632. The van der Waals surface area contributed by atoms with Crippen molar-refractivity contribution in [3.05, 3.63) is 48.0 Å². The van der Waals surface area contributed by atoms with Crippen molar-refractivity contribution in [1.29, 1.82) is 0 Å². The summed E-state index contributed by atoms with van der Waals surface area (Å²) in [5.74, 6) is 1.76. The molecule has 0 aromatic heterocycles. The predicted octanol–water partition coefficient (Wildman–Crippen LogP) is 4.32. The first kappa shape index (κ1) is 11.8. The van der Waals surface area contributed by atoms with Crippen LogP contribution in [0.3, 0.4) is 0 Å². The highest BCUT2D eigenvalue weighted by atomic mass is 16.5. The van der Waals surface area contributed by atoms with Crippen molar-refractivity contribution < 1.29 is 9.47 Å². The summed E-state index contributed by atoms with van der Waals surface area (Å²) < 4.78 is 11.0. The molecule has 19 heavy (non-hydrogen) atoms. The lowest BCUT2D eigenvalue weighted by molar-refractivity contribution is 0.410. The van der Waals surface area contributed by atoms with Gasteiger partial charge in [-0.15, -0.1) is 0 Å². The van der Waals surface area contributed by atoms with Gasteiger partial charge < -0.3 is 9.47 Å². The van der Waals surface area contributed by atoms with Crippen molar-refractivity contribution in [3.63, 3.8) is 0 Å². The lowest BCUT2D eigenvalue weighted by atomic mass is 9.99. The number of aryl methyl sites for hydroxylation is 1. The maximum atomic E-state index is 5.52. The maximum absolute atomic E-state index is 5.52. The second kappa shape index (κ2) is 4.47. The van der Waals surface area contributed by atoms with Crippen LogP contribution >= 0.6 is 0 Å². The van der Waals surface area contributed by atoms with Gasteiger partial charge in [-0.3, -0.25) is 0 Å². The van der Waals surface area contributed by atoms with Crippen molar-refractivity contribution in [2.24, 2.45) is 0 Å². The number of hydrogen-bond donors (Lipinski definition) is 0. The Kier molecular flexibility index (Phi) is 2.79. The largest absolute Gasteiger partial charge is 0.496 e. The molecule has 0 amide bonds. The van der Waals surface area contributed by atoms with E-state index in [2.05, 4.69) is 37.3 Å². The Morgan fingerprint density at radius 3 is 2.16 bits per heavy atom. The molecule has 0 aliphatic carbocycles. The normalized spacial score (nSPS) is 10.9. The van der Waals surface area contributed by atoms with Crippen LogP contribution in [0.4, 0.5) is 0 Å². The number of ether oxygens (including phenoxy) is 2. The van der Waals surface area contributed by atoms with E-state index in [9.17, 15) is 0 Å². The van der Waals surface area contributed by atoms with Crippen molar-refractivity contribution in [1.82, 2.24) is 0 Å². The van der Waals surface area contributed by atoms with Gasteiger partial charge in [0.1, 0.15) is 11.5 Å². The third-order valence-corrected chi connectivity index (χ3v) is 3.51. The van der Waals surface area contributed by atoms with Crippen LogP contribution in [0, 0.1) is 6.92 Å². The predicted molar refractivity (Wildman–Crippen MR) is 79.3 cm³/mol. The summed E-state index contributed by atoms with van der Waals surface area (Å²) in [6.45, 7) is 2.10. The Labute approximate surface area is 112 Å². The average molecular weight is 252 g/mol. The topological polar surface area (TPSA) is 18.5 Å². The van der Waals surface area contributed by atoms with Gasteiger partial charge in [0.25, 0.3) is 0 Å². The van der Waals surface area contributed by atoms with Crippen molar-refractivity contribution in [3.8, 4) is 11.5 Å². The Bertz CT molecular complexity index is 760. The summed E-state index contributed by atoms with van der Waals surface area (Å²) in [6.07, 6.45) is 0. The summed E-state index contributed by atoms with van der Waals surface area (Å²) in [7, 11) is 3.40. The first-order chi connectivity index (χ1) is 9.24. The van der Waals surface area contributed by atoms with Crippen LogP contribution < -0.4 is 9.47 Å². The van der Waals surface area contributed by atoms with Crippen molar-refractivity contribution >= 4 is 21.5 Å². The fourth-order valence-electron chi connectivity index (χ4n) is 2.58. The lowest BCUT2D eigenvalue weighted by Crippen LogP contribution is -1.90. The van der Waals surface area contributed by atoms with Gasteiger partial charge in [0.15, 0.2) is 0 Å². The van der Waals surface area contributed by atoms with Crippen LogP contribution in [0.15, 0.2) is 42.5 Å². The molecule has 3 rings (SSSR count). The van der Waals surface area contributed by atoms with Gasteiger partial charge in [-0.05, 0) is 35.9 Å². The molecule has 0 saturated carbocycles. The molecule has 0 spiro atoms. The second-order valence-electron chi connectivity index (χ2n) is 4.68. The Morgan fingerprint density at radius 1 is 0.737 bits per heavy atom. The molecule has 0 aliphatic rings. The van der Waals surface area contributed by atoms with Crippen LogP contribution in [0.2, 0.25) is 0 Å². The Morgan fingerprint density at radius 2 is 1.42 bits per heavy atom. The van der Waals surface area contributed by atoms with Gasteiger partial charge in [0.05, 0.1) is 14.2 Å². The fraction of sp³-hybridized carbons (Fsp3) is 0.176. The van der Waals surface area contributed by atoms with Crippen LogP contribution in [-0.4, -0.2) is 14.2 Å². The van der Waals surface area contributed by atoms with Crippen molar-refractivity contribution in [2.45, 2.75) is 6.92 Å². The van der Waals surface area contributed by atoms with E-state index in [0.29, 0.717) is 0 Å². The Balaban J connectivity index is 2.54. The second-order valence-corrected chi connectivity index (χ2v) is 4.68. The van der Waals surface area contributed by atoms with Crippen LogP contribution in [0.1, 0.15) is 5.56 Å². The zero-order valence-corrected chi connectivity index (χ0v) is 11.4. The summed E-state index contributed by atoms with van der Waals surface area (Å²) >= 11 is 0. The van der Waals surface area contributed by atoms with Gasteiger partial charge >= 0.3 is 0 Å². The third kappa shape index (κ3) is 1.80. The molecule has 2 nitrogen and oxygen atoms in total. The number of methoxy groups -OCH3 is 2. The van der Waals surface area contributed by atoms with Crippen LogP contribution in [0.5, 0.6) is 11.5 Å². The Hall–Kier alpha value is -2.22. The van der Waals surface area contributed by atoms with Gasteiger partial charge in [-0.1, -0.05) is 29.8 Å². The highest BCUT2D eigenvalue weighted by Crippen LogP contribution is 2.38. The minimum absolute atomic E-state index is 0.874. The van der Waals surface area contributed by atoms with E-state index >= 15 is 0 Å². The number of benzene rings is 3. The molecule has 0 atom stereocenters. The summed E-state index contributed by atoms with van der Waals surface area (Å²) in [5.41, 5.74) is 1.24. The molecule has 0 heterocycles. The molecular weight excluding hydrogens is 236 g/mol. The fourth-order valence-corrected chi connectivity index (χ4v) is 2.58. The van der Waals surface area contributed by atoms with Crippen LogP contribution in [-0.2, 0) is 0 Å². The third-order valence-electron chi connectivity index (χ3n) is 3.51. The monoisotopic (exact) mass is 252 g/mol. The molecule has 3 aromatic carbocycles. The van der Waals surface area contributed by atoms with Crippen LogP contribution in [0.25, 0.3) is 21.5 Å². The van der Waals surface area contributed by atoms with E-state index in [4.69, 9.17) is 9.47 Å². The first-order valence-corrected chi connectivity index (χ1v) is 6.28. The van der Waals surface area contributed by atoms with E-state index in [1.54, 1.807) is 14.2 Å². The molecule has 0 radical (unpaired) electrons. The van der Waals surface area contributed by atoms with Gasteiger partial charge in [-0.25, -0.2) is 0 Å². The van der Waals surface area contributed by atoms with E-state index in [1.807, 2.05) is 12.1 Å². The van der Waals surface area contributed by atoms with E-state index in [1.165, 1.54) is 16.3 Å². The minimum Gasteiger partial charge on any atom is -0.496 e. The standard InChI is InChI=1S/C17H16O2/c1-11-4-5-12-6-7-13-15(18-2)8-9-16(19-3)17(13)14(12)10-11/h4-10H,1-3H3. The smallest absolute Gasteiger partial charge is 0.127 e. The zero-order chi connectivity index (χ0) is 13.4. The number of fused-ring (bicyclic) bond motifs is 3. The first-order valence-electron chi connectivity index (χ1n) is 6.28. The maximum Gasteiger partial charge on any atom is 0.127 e. The molecule has 0 saturated heterocycles. The van der Waals surface area contributed by atoms with Gasteiger partial charge in [0.2, 0.25) is 0 Å². The van der Waals surface area contributed by atoms with E-state index in [0.717, 1.165) is 22.3 Å². The molecule has 96 valence electrons. The van der Waals surface area contributed by atoms with E-state index in [-0.39, 0.29) is 0 Å². The average Bonchev–Trinajstić information content (AvgIpc) is 2.45. The molecule has 2 heteroatoms. The van der Waals surface area contributed by atoms with Crippen molar-refractivity contribution in [2.75, 3.05) is 14.2 Å². The molecular formula is C17H16O2. The van der Waals surface area contributed by atoms with E-state index < -0.39 is 0 Å². The summed E-state index contributed by atoms with van der Waals surface area (Å²) in [6, 6.07) is 14.6. The molecule has 0 N–H and O–H groups in total.